The molecular weight excluding hydrogens is 232 g/mol. The van der Waals surface area contributed by atoms with Crippen LogP contribution in [0.15, 0.2) is 0 Å². The van der Waals surface area contributed by atoms with E-state index in [9.17, 15) is 9.59 Å². The second kappa shape index (κ2) is 6.18. The average Bonchev–Trinajstić information content (AvgIpc) is 2.31. The van der Waals surface area contributed by atoms with Gasteiger partial charge in [-0.25, -0.2) is 0 Å². The highest BCUT2D eigenvalue weighted by molar-refractivity contribution is 5.99. The Bertz CT molecular complexity index is 315. The summed E-state index contributed by atoms with van der Waals surface area (Å²) in [7, 11) is 1.63. The van der Waals surface area contributed by atoms with Gasteiger partial charge in [-0.1, -0.05) is 13.3 Å². The van der Waals surface area contributed by atoms with Gasteiger partial charge in [-0.3, -0.25) is 9.59 Å². The predicted octanol–water partition coefficient (Wildman–Crippen LogP) is 0.929. The number of carbonyl (C=O) groups is 2. The maximum Gasteiger partial charge on any atom is 0.246 e. The third-order valence-electron chi connectivity index (χ3n) is 3.41. The highest BCUT2D eigenvalue weighted by Crippen LogP contribution is 2.22. The molecule has 1 atom stereocenters. The Labute approximate surface area is 109 Å². The first-order valence-corrected chi connectivity index (χ1v) is 6.56. The Morgan fingerprint density at radius 3 is 2.61 bits per heavy atom. The summed E-state index contributed by atoms with van der Waals surface area (Å²) < 4.78 is 5.00. The van der Waals surface area contributed by atoms with Gasteiger partial charge in [0.05, 0.1) is 0 Å². The topological polar surface area (TPSA) is 58.6 Å². The fraction of sp³-hybridized carbons (Fsp3) is 0.846. The molecule has 0 spiro atoms. The lowest BCUT2D eigenvalue weighted by atomic mass is 9.94. The minimum absolute atomic E-state index is 0.0255. The van der Waals surface area contributed by atoms with Crippen molar-refractivity contribution in [2.24, 2.45) is 0 Å². The molecule has 1 heterocycles. The summed E-state index contributed by atoms with van der Waals surface area (Å²) >= 11 is 0. The quantitative estimate of drug-likeness (QED) is 0.719. The fourth-order valence-corrected chi connectivity index (χ4v) is 2.22. The summed E-state index contributed by atoms with van der Waals surface area (Å²) in [6, 6.07) is -0.363. The number of carbonyl (C=O) groups excluding carboxylic acids is 2. The van der Waals surface area contributed by atoms with Crippen molar-refractivity contribution in [3.63, 3.8) is 0 Å². The zero-order valence-electron chi connectivity index (χ0n) is 11.8. The zero-order chi connectivity index (χ0) is 13.8. The van der Waals surface area contributed by atoms with Gasteiger partial charge in [0.25, 0.3) is 0 Å². The maximum absolute atomic E-state index is 12.3. The molecule has 0 radical (unpaired) electrons. The van der Waals surface area contributed by atoms with Crippen LogP contribution in [0.2, 0.25) is 0 Å². The van der Waals surface area contributed by atoms with Gasteiger partial charge in [0, 0.05) is 20.3 Å². The summed E-state index contributed by atoms with van der Waals surface area (Å²) in [6.07, 6.45) is 2.32. The van der Waals surface area contributed by atoms with Crippen LogP contribution in [0, 0.1) is 0 Å². The van der Waals surface area contributed by atoms with Crippen LogP contribution >= 0.6 is 0 Å². The van der Waals surface area contributed by atoms with E-state index in [4.69, 9.17) is 4.74 Å². The summed E-state index contributed by atoms with van der Waals surface area (Å²) in [5, 5.41) is 2.82. The van der Waals surface area contributed by atoms with Crippen LogP contribution < -0.4 is 5.32 Å². The van der Waals surface area contributed by atoms with Crippen LogP contribution in [-0.4, -0.2) is 48.6 Å². The Morgan fingerprint density at radius 1 is 1.39 bits per heavy atom. The summed E-state index contributed by atoms with van der Waals surface area (Å²) in [5.74, 6) is -0.0458. The highest BCUT2D eigenvalue weighted by atomic mass is 16.5. The molecule has 1 N–H and O–H groups in total. The monoisotopic (exact) mass is 256 g/mol. The molecule has 104 valence electrons. The zero-order valence-corrected chi connectivity index (χ0v) is 11.8. The number of amides is 2. The van der Waals surface area contributed by atoms with E-state index in [1.165, 1.54) is 0 Å². The molecule has 5 heteroatoms. The van der Waals surface area contributed by atoms with Crippen molar-refractivity contribution in [3.05, 3.63) is 0 Å². The molecule has 1 fully saturated rings. The first-order chi connectivity index (χ1) is 8.45. The van der Waals surface area contributed by atoms with Gasteiger partial charge in [0.15, 0.2) is 0 Å². The largest absolute Gasteiger partial charge is 0.385 e. The number of methoxy groups -OCH3 is 1. The minimum atomic E-state index is -0.769. The van der Waals surface area contributed by atoms with E-state index in [0.717, 1.165) is 12.8 Å². The van der Waals surface area contributed by atoms with Gasteiger partial charge in [-0.15, -0.1) is 0 Å². The van der Waals surface area contributed by atoms with Gasteiger partial charge in [-0.2, -0.15) is 0 Å². The lowest BCUT2D eigenvalue weighted by Crippen LogP contribution is -2.68. The highest BCUT2D eigenvalue weighted by Gasteiger charge is 2.45. The number of nitrogens with zero attached hydrogens (tertiary/aromatic N) is 1. The van der Waals surface area contributed by atoms with Crippen LogP contribution in [0.1, 0.15) is 40.0 Å². The predicted molar refractivity (Wildman–Crippen MR) is 69.1 cm³/mol. The third kappa shape index (κ3) is 3.02. The van der Waals surface area contributed by atoms with Crippen molar-refractivity contribution in [1.82, 2.24) is 10.2 Å². The molecule has 0 aromatic rings. The van der Waals surface area contributed by atoms with Crippen LogP contribution in [0.5, 0.6) is 0 Å². The Balaban J connectivity index is 2.78. The number of rotatable bonds is 6. The summed E-state index contributed by atoms with van der Waals surface area (Å²) in [6.45, 7) is 6.74. The van der Waals surface area contributed by atoms with Crippen molar-refractivity contribution in [2.75, 3.05) is 20.3 Å². The van der Waals surface area contributed by atoms with Gasteiger partial charge in [0.1, 0.15) is 11.6 Å². The van der Waals surface area contributed by atoms with Crippen molar-refractivity contribution >= 4 is 11.8 Å². The van der Waals surface area contributed by atoms with Crippen molar-refractivity contribution in [3.8, 4) is 0 Å². The van der Waals surface area contributed by atoms with Crippen LogP contribution in [0.4, 0.5) is 0 Å². The SMILES string of the molecule is CCCC1NC(=O)C(C)(C)N(CCCOC)C1=O. The minimum Gasteiger partial charge on any atom is -0.385 e. The summed E-state index contributed by atoms with van der Waals surface area (Å²) in [5.41, 5.74) is -0.769. The molecule has 1 saturated heterocycles. The van der Waals surface area contributed by atoms with E-state index in [1.807, 2.05) is 6.92 Å². The second-order valence-corrected chi connectivity index (χ2v) is 5.21. The molecule has 1 aliphatic rings. The normalized spacial score (nSPS) is 23.1. The molecule has 0 aliphatic carbocycles. The van der Waals surface area contributed by atoms with E-state index in [1.54, 1.807) is 25.9 Å². The third-order valence-corrected chi connectivity index (χ3v) is 3.41. The Kier molecular flexibility index (Phi) is 5.14. The van der Waals surface area contributed by atoms with Crippen LogP contribution in [-0.2, 0) is 14.3 Å². The van der Waals surface area contributed by atoms with Gasteiger partial charge in [0.2, 0.25) is 11.8 Å². The molecule has 0 aromatic heterocycles. The maximum atomic E-state index is 12.3. The summed E-state index contributed by atoms with van der Waals surface area (Å²) in [4.78, 5) is 26.1. The van der Waals surface area contributed by atoms with E-state index < -0.39 is 5.54 Å². The molecule has 0 aromatic carbocycles. The van der Waals surface area contributed by atoms with Gasteiger partial charge < -0.3 is 15.0 Å². The van der Waals surface area contributed by atoms with E-state index in [0.29, 0.717) is 19.6 Å². The van der Waals surface area contributed by atoms with Crippen molar-refractivity contribution < 1.29 is 14.3 Å². The fourth-order valence-electron chi connectivity index (χ4n) is 2.22. The second-order valence-electron chi connectivity index (χ2n) is 5.21. The van der Waals surface area contributed by atoms with Crippen LogP contribution in [0.3, 0.4) is 0 Å². The number of hydrogen-bond acceptors (Lipinski definition) is 3. The number of nitrogens with one attached hydrogen (secondary N) is 1. The number of piperazine rings is 1. The molecule has 18 heavy (non-hydrogen) atoms. The van der Waals surface area contributed by atoms with Gasteiger partial charge in [-0.05, 0) is 26.7 Å². The molecule has 1 unspecified atom stereocenters. The van der Waals surface area contributed by atoms with Crippen LogP contribution in [0.25, 0.3) is 0 Å². The Hall–Kier alpha value is -1.10. The molecule has 1 aliphatic heterocycles. The smallest absolute Gasteiger partial charge is 0.246 e. The van der Waals surface area contributed by atoms with E-state index >= 15 is 0 Å². The van der Waals surface area contributed by atoms with E-state index in [-0.39, 0.29) is 17.9 Å². The lowest BCUT2D eigenvalue weighted by molar-refractivity contribution is -0.155. The van der Waals surface area contributed by atoms with Gasteiger partial charge >= 0.3 is 0 Å². The molecule has 0 bridgehead atoms. The molecule has 2 amide bonds. The van der Waals surface area contributed by atoms with Crippen molar-refractivity contribution in [1.29, 1.82) is 0 Å². The first kappa shape index (κ1) is 15.0. The lowest BCUT2D eigenvalue weighted by Gasteiger charge is -2.44. The Morgan fingerprint density at radius 2 is 2.06 bits per heavy atom. The number of hydrogen-bond donors (Lipinski definition) is 1. The number of ether oxygens (including phenoxy) is 1. The molecular formula is C13H24N2O3. The molecule has 1 rings (SSSR count). The first-order valence-electron chi connectivity index (χ1n) is 6.56. The van der Waals surface area contributed by atoms with Crippen molar-refractivity contribution in [2.45, 2.75) is 51.6 Å². The molecule has 0 saturated carbocycles. The average molecular weight is 256 g/mol. The van der Waals surface area contributed by atoms with E-state index in [2.05, 4.69) is 5.32 Å². The standard InChI is InChI=1S/C13H24N2O3/c1-5-7-10-11(16)15(8-6-9-18-4)13(2,3)12(17)14-10/h10H,5-9H2,1-4H3,(H,14,17). The molecule has 5 nitrogen and oxygen atoms in total.